The van der Waals surface area contributed by atoms with Gasteiger partial charge in [-0.05, 0) is 24.3 Å². The molecule has 1 heterocycles. The summed E-state index contributed by atoms with van der Waals surface area (Å²) < 4.78 is 29.9. The number of hydrogen-bond donors (Lipinski definition) is 0. The lowest BCUT2D eigenvalue weighted by Gasteiger charge is -2.07. The van der Waals surface area contributed by atoms with Crippen LogP contribution in [0.15, 0.2) is 59.4 Å². The van der Waals surface area contributed by atoms with Crippen LogP contribution in [0, 0.1) is 0 Å². The van der Waals surface area contributed by atoms with Crippen LogP contribution in [0.1, 0.15) is 0 Å². The maximum Gasteiger partial charge on any atom is 0.311 e. The molecule has 0 radical (unpaired) electrons. The Labute approximate surface area is 132 Å². The summed E-state index contributed by atoms with van der Waals surface area (Å²) in [5.74, 6) is -0.154. The van der Waals surface area contributed by atoms with Crippen molar-refractivity contribution < 1.29 is 12.6 Å². The number of rotatable bonds is 5. The van der Waals surface area contributed by atoms with Crippen molar-refractivity contribution in [3.63, 3.8) is 0 Å². The molecule has 0 aliphatic carbocycles. The van der Waals surface area contributed by atoms with Crippen molar-refractivity contribution in [1.82, 2.24) is 15.0 Å². The van der Waals surface area contributed by atoms with Gasteiger partial charge in [-0.2, -0.15) is 8.42 Å². The van der Waals surface area contributed by atoms with Crippen LogP contribution in [-0.4, -0.2) is 29.2 Å². The molecule has 1 aromatic heterocycles. The molecule has 118 valence electrons. The van der Waals surface area contributed by atoms with Crippen molar-refractivity contribution in [1.29, 1.82) is 0 Å². The summed E-state index contributed by atoms with van der Waals surface area (Å²) >= 11 is 0. The van der Waals surface area contributed by atoms with E-state index in [9.17, 15) is 13.2 Å². The number of fused-ring (bicyclic) bond motifs is 1. The Morgan fingerprint density at radius 3 is 2.48 bits per heavy atom. The summed E-state index contributed by atoms with van der Waals surface area (Å²) in [6, 6.07) is 14.9. The summed E-state index contributed by atoms with van der Waals surface area (Å²) in [6.45, 7) is -0.133. The quantitative estimate of drug-likeness (QED) is 0.653. The third-order valence-corrected chi connectivity index (χ3v) is 4.28. The van der Waals surface area contributed by atoms with Crippen molar-refractivity contribution in [2.45, 2.75) is 6.54 Å². The van der Waals surface area contributed by atoms with Crippen molar-refractivity contribution in [3.05, 3.63) is 65.0 Å². The topological polar surface area (TPSA) is 91.1 Å². The normalized spacial score (nSPS) is 11.5. The second-order valence-corrected chi connectivity index (χ2v) is 6.48. The van der Waals surface area contributed by atoms with Crippen LogP contribution in [0.25, 0.3) is 10.9 Å². The fraction of sp³-hybridized carbons (Fsp3) is 0.133. The number of hydrogen-bond acceptors (Lipinski definition) is 6. The van der Waals surface area contributed by atoms with Gasteiger partial charge < -0.3 is 4.18 Å². The smallest absolute Gasteiger partial charge is 0.311 e. The molecule has 0 aliphatic rings. The highest BCUT2D eigenvalue weighted by molar-refractivity contribution is 7.87. The predicted molar refractivity (Wildman–Crippen MR) is 84.7 cm³/mol. The summed E-state index contributed by atoms with van der Waals surface area (Å²) in [7, 11) is -3.83. The maximum absolute atomic E-state index is 12.2. The molecule has 2 aromatic carbocycles. The van der Waals surface area contributed by atoms with Crippen LogP contribution in [-0.2, 0) is 16.7 Å². The average Bonchev–Trinajstić information content (AvgIpc) is 2.55. The van der Waals surface area contributed by atoms with E-state index in [4.69, 9.17) is 4.18 Å². The van der Waals surface area contributed by atoms with Crippen LogP contribution in [0.5, 0.6) is 5.75 Å². The van der Waals surface area contributed by atoms with Crippen LogP contribution in [0.3, 0.4) is 0 Å². The molecule has 7 nitrogen and oxygen atoms in total. The van der Waals surface area contributed by atoms with E-state index in [2.05, 4.69) is 10.3 Å². The Morgan fingerprint density at radius 2 is 1.70 bits per heavy atom. The van der Waals surface area contributed by atoms with Gasteiger partial charge >= 0.3 is 10.1 Å². The SMILES string of the molecule is O=c1c2ccccc2nnn1CCS(=O)(=O)Oc1ccccc1. The molecular formula is C15H13N3O4S. The summed E-state index contributed by atoms with van der Waals surface area (Å²) in [6.07, 6.45) is 0. The Hall–Kier alpha value is -2.74. The van der Waals surface area contributed by atoms with Gasteiger partial charge in [0.2, 0.25) is 0 Å². The van der Waals surface area contributed by atoms with E-state index in [-0.39, 0.29) is 23.6 Å². The van der Waals surface area contributed by atoms with Crippen LogP contribution in [0.4, 0.5) is 0 Å². The van der Waals surface area contributed by atoms with E-state index < -0.39 is 10.1 Å². The Bertz CT molecular complexity index is 984. The molecule has 8 heteroatoms. The van der Waals surface area contributed by atoms with E-state index in [0.29, 0.717) is 10.9 Å². The summed E-state index contributed by atoms with van der Waals surface area (Å²) in [4.78, 5) is 12.2. The minimum atomic E-state index is -3.83. The molecule has 0 unspecified atom stereocenters. The number of benzene rings is 2. The number of aryl methyl sites for hydroxylation is 1. The highest BCUT2D eigenvalue weighted by atomic mass is 32.2. The second kappa shape index (κ2) is 6.17. The molecular weight excluding hydrogens is 318 g/mol. The van der Waals surface area contributed by atoms with Gasteiger partial charge in [0.25, 0.3) is 5.56 Å². The molecule has 0 fully saturated rings. The predicted octanol–water partition coefficient (Wildman–Crippen LogP) is 1.20. The first-order valence-corrected chi connectivity index (χ1v) is 8.43. The Balaban J connectivity index is 1.78. The lowest BCUT2D eigenvalue weighted by molar-refractivity contribution is 0.474. The molecule has 0 bridgehead atoms. The third-order valence-electron chi connectivity index (χ3n) is 3.15. The standard InChI is InChI=1S/C15H13N3O4S/c19-15-13-8-4-5-9-14(13)16-17-18(15)10-11-23(20,21)22-12-6-2-1-3-7-12/h1-9H,10-11H2. The highest BCUT2D eigenvalue weighted by Crippen LogP contribution is 2.12. The van der Waals surface area contributed by atoms with Gasteiger partial charge in [0.1, 0.15) is 17.0 Å². The largest absolute Gasteiger partial charge is 0.382 e. The van der Waals surface area contributed by atoms with Gasteiger partial charge in [-0.25, -0.2) is 4.68 Å². The number of aromatic nitrogens is 3. The van der Waals surface area contributed by atoms with Crippen molar-refractivity contribution in [2.24, 2.45) is 0 Å². The second-order valence-electron chi connectivity index (χ2n) is 4.79. The molecule has 3 rings (SSSR count). The van der Waals surface area contributed by atoms with E-state index in [0.717, 1.165) is 4.68 Å². The van der Waals surface area contributed by atoms with Crippen LogP contribution >= 0.6 is 0 Å². The fourth-order valence-electron chi connectivity index (χ4n) is 2.03. The summed E-state index contributed by atoms with van der Waals surface area (Å²) in [5, 5.41) is 8.05. The van der Waals surface area contributed by atoms with Crippen molar-refractivity contribution in [3.8, 4) is 5.75 Å². The van der Waals surface area contributed by atoms with Crippen LogP contribution < -0.4 is 9.74 Å². The van der Waals surface area contributed by atoms with Crippen LogP contribution in [0.2, 0.25) is 0 Å². The average molecular weight is 331 g/mol. The van der Waals surface area contributed by atoms with Gasteiger partial charge in [-0.1, -0.05) is 35.5 Å². The van der Waals surface area contributed by atoms with E-state index in [1.165, 1.54) is 0 Å². The van der Waals surface area contributed by atoms with Gasteiger partial charge in [0.05, 0.1) is 11.9 Å². The first-order chi connectivity index (χ1) is 11.1. The number of nitrogens with zero attached hydrogens (tertiary/aromatic N) is 3. The first-order valence-electron chi connectivity index (χ1n) is 6.85. The first kappa shape index (κ1) is 15.2. The zero-order valence-corrected chi connectivity index (χ0v) is 12.8. The molecule has 0 atom stereocenters. The highest BCUT2D eigenvalue weighted by Gasteiger charge is 2.15. The zero-order valence-electron chi connectivity index (χ0n) is 12.0. The molecule has 0 N–H and O–H groups in total. The van der Waals surface area contributed by atoms with Gasteiger partial charge in [0.15, 0.2) is 0 Å². The molecule has 0 saturated heterocycles. The van der Waals surface area contributed by atoms with Gasteiger partial charge in [0, 0.05) is 0 Å². The third kappa shape index (κ3) is 3.54. The molecule has 23 heavy (non-hydrogen) atoms. The maximum atomic E-state index is 12.2. The summed E-state index contributed by atoms with van der Waals surface area (Å²) in [5.41, 5.74) is 0.0858. The molecule has 0 amide bonds. The van der Waals surface area contributed by atoms with Crippen molar-refractivity contribution >= 4 is 21.0 Å². The van der Waals surface area contributed by atoms with Gasteiger partial charge in [-0.15, -0.1) is 5.10 Å². The monoisotopic (exact) mass is 331 g/mol. The van der Waals surface area contributed by atoms with Crippen molar-refractivity contribution in [2.75, 3.05) is 5.75 Å². The number of para-hydroxylation sites is 1. The molecule has 0 saturated carbocycles. The minimum absolute atomic E-state index is 0.133. The molecule has 0 aliphatic heterocycles. The zero-order chi connectivity index (χ0) is 16.3. The van der Waals surface area contributed by atoms with Gasteiger partial charge in [-0.3, -0.25) is 4.79 Å². The molecule has 3 aromatic rings. The van der Waals surface area contributed by atoms with E-state index >= 15 is 0 Å². The van der Waals surface area contributed by atoms with E-state index in [1.807, 2.05) is 0 Å². The molecule has 0 spiro atoms. The minimum Gasteiger partial charge on any atom is -0.382 e. The van der Waals surface area contributed by atoms with E-state index in [1.54, 1.807) is 54.6 Å². The lowest BCUT2D eigenvalue weighted by atomic mass is 10.2. The Morgan fingerprint density at radius 1 is 1.00 bits per heavy atom. The fourth-order valence-corrected chi connectivity index (χ4v) is 2.92. The Kier molecular flexibility index (Phi) is 4.07. The lowest BCUT2D eigenvalue weighted by Crippen LogP contribution is -2.28.